The Morgan fingerprint density at radius 1 is 0.690 bits per heavy atom. The highest BCUT2D eigenvalue weighted by molar-refractivity contribution is 7.20. The van der Waals surface area contributed by atoms with E-state index in [1.807, 2.05) is 30.4 Å². The Morgan fingerprint density at radius 3 is 2.19 bits per heavy atom. The molecule has 1 aromatic heterocycles. The Balaban J connectivity index is 1.49. The van der Waals surface area contributed by atoms with Crippen molar-refractivity contribution in [1.29, 1.82) is 0 Å². The summed E-state index contributed by atoms with van der Waals surface area (Å²) in [6.07, 6.45) is 8.21. The molecule has 2 aliphatic carbocycles. The molecule has 2 aliphatic rings. The second-order valence-corrected chi connectivity index (χ2v) is 12.1. The molecule has 1 unspecified atom stereocenters. The zero-order valence-corrected chi connectivity index (χ0v) is 24.2. The van der Waals surface area contributed by atoms with Gasteiger partial charge < -0.3 is 11.5 Å². The van der Waals surface area contributed by atoms with Crippen LogP contribution >= 0.6 is 11.3 Å². The van der Waals surface area contributed by atoms with Crippen molar-refractivity contribution in [2.24, 2.45) is 5.73 Å². The van der Waals surface area contributed by atoms with Gasteiger partial charge in [0.15, 0.2) is 0 Å². The summed E-state index contributed by atoms with van der Waals surface area (Å²) in [4.78, 5) is 1.41. The highest BCUT2D eigenvalue weighted by Gasteiger charge is 2.53. The van der Waals surface area contributed by atoms with Gasteiger partial charge in [-0.3, -0.25) is 0 Å². The minimum atomic E-state index is -0.388. The van der Waals surface area contributed by atoms with E-state index in [-0.39, 0.29) is 5.41 Å². The second-order valence-electron chi connectivity index (χ2n) is 11.1. The highest BCUT2D eigenvalue weighted by atomic mass is 32.1. The molecule has 1 atom stereocenters. The summed E-state index contributed by atoms with van der Waals surface area (Å²) in [6, 6.07) is 38.1. The number of nitrogen functional groups attached to an aromatic ring is 1. The lowest BCUT2D eigenvalue weighted by molar-refractivity contribution is 0.812. The largest absolute Gasteiger partial charge is 0.398 e. The third-order valence-electron chi connectivity index (χ3n) is 8.96. The molecule has 0 saturated carbocycles. The summed E-state index contributed by atoms with van der Waals surface area (Å²) in [6.45, 7) is 2.50. The number of nitrogens with two attached hydrogens (primary N) is 2. The fourth-order valence-corrected chi connectivity index (χ4v) is 8.78. The molecule has 6 aromatic rings. The standard InChI is InChI=1S/C39H30N2S/c1-2-10-25-19-18-24(11-9-22-40)35(37(25)41)26-20-21-28-27-12-3-6-15-31(27)39(33(28)23-26)32-16-7-4-13-29(32)36-30-14-5-8-17-34(30)42-38(36)39/h2-21,23H,22,40-41H2,1H3/b10-2-,11-9-. The van der Waals surface area contributed by atoms with Gasteiger partial charge in [0.2, 0.25) is 0 Å². The average molecular weight is 559 g/mol. The molecule has 0 amide bonds. The van der Waals surface area contributed by atoms with Gasteiger partial charge in [-0.05, 0) is 69.1 Å². The van der Waals surface area contributed by atoms with Gasteiger partial charge in [-0.1, -0.05) is 115 Å². The monoisotopic (exact) mass is 558 g/mol. The number of hydrogen-bond acceptors (Lipinski definition) is 3. The van der Waals surface area contributed by atoms with Crippen LogP contribution < -0.4 is 11.5 Å². The summed E-state index contributed by atoms with van der Waals surface area (Å²) < 4.78 is 1.33. The summed E-state index contributed by atoms with van der Waals surface area (Å²) >= 11 is 1.94. The summed E-state index contributed by atoms with van der Waals surface area (Å²) in [5, 5.41) is 1.33. The van der Waals surface area contributed by atoms with Crippen LogP contribution in [0.3, 0.4) is 0 Å². The normalized spacial score (nSPS) is 16.4. The van der Waals surface area contributed by atoms with Gasteiger partial charge in [0, 0.05) is 38.3 Å². The SMILES string of the molecule is C/C=C\c1ccc(/C=C\CN)c(-c2ccc3c(c2)C2(c4ccccc4-3)c3ccccc3-c3c2sc2ccccc32)c1N. The van der Waals surface area contributed by atoms with Crippen molar-refractivity contribution in [3.8, 4) is 33.4 Å². The van der Waals surface area contributed by atoms with Crippen molar-refractivity contribution < 1.29 is 0 Å². The molecule has 1 spiro atoms. The van der Waals surface area contributed by atoms with Crippen LogP contribution in [0.1, 0.15) is 39.6 Å². The van der Waals surface area contributed by atoms with E-state index in [0.717, 1.165) is 27.9 Å². The zero-order chi connectivity index (χ0) is 28.4. The predicted octanol–water partition coefficient (Wildman–Crippen LogP) is 9.50. The van der Waals surface area contributed by atoms with E-state index in [0.29, 0.717) is 6.54 Å². The fourth-order valence-electron chi connectivity index (χ4n) is 7.33. The van der Waals surface area contributed by atoms with Gasteiger partial charge in [-0.15, -0.1) is 11.3 Å². The maximum Gasteiger partial charge on any atom is 0.0819 e. The molecular formula is C39H30N2S. The van der Waals surface area contributed by atoms with Crippen LogP contribution in [0.4, 0.5) is 5.69 Å². The lowest BCUT2D eigenvalue weighted by atomic mass is 9.73. The van der Waals surface area contributed by atoms with Crippen LogP contribution in [-0.2, 0) is 5.41 Å². The van der Waals surface area contributed by atoms with E-state index in [4.69, 9.17) is 11.5 Å². The maximum atomic E-state index is 6.94. The van der Waals surface area contributed by atoms with E-state index >= 15 is 0 Å². The number of hydrogen-bond donors (Lipinski definition) is 2. The van der Waals surface area contributed by atoms with Crippen LogP contribution in [0.2, 0.25) is 0 Å². The number of fused-ring (bicyclic) bond motifs is 12. The van der Waals surface area contributed by atoms with Gasteiger partial charge in [-0.25, -0.2) is 0 Å². The molecule has 42 heavy (non-hydrogen) atoms. The Kier molecular flexibility index (Phi) is 5.62. The molecule has 0 aliphatic heterocycles. The van der Waals surface area contributed by atoms with Gasteiger partial charge in [0.05, 0.1) is 5.41 Å². The molecule has 8 rings (SSSR count). The Bertz CT molecular complexity index is 2110. The number of rotatable bonds is 4. The molecular weight excluding hydrogens is 529 g/mol. The molecule has 5 aromatic carbocycles. The molecule has 1 heterocycles. The van der Waals surface area contributed by atoms with Crippen molar-refractivity contribution in [3.05, 3.63) is 148 Å². The highest BCUT2D eigenvalue weighted by Crippen LogP contribution is 2.66. The molecule has 0 fully saturated rings. The molecule has 0 radical (unpaired) electrons. The van der Waals surface area contributed by atoms with E-state index in [2.05, 4.69) is 115 Å². The third kappa shape index (κ3) is 3.24. The molecule has 2 nitrogen and oxygen atoms in total. The first-order chi connectivity index (χ1) is 20.7. The van der Waals surface area contributed by atoms with Crippen molar-refractivity contribution in [3.63, 3.8) is 0 Å². The summed E-state index contributed by atoms with van der Waals surface area (Å²) in [5.41, 5.74) is 26.8. The fraction of sp³-hybridized carbons (Fsp3) is 0.0769. The minimum absolute atomic E-state index is 0.388. The lowest BCUT2D eigenvalue weighted by Crippen LogP contribution is -2.25. The van der Waals surface area contributed by atoms with E-state index < -0.39 is 0 Å². The Labute approximate surface area is 250 Å². The van der Waals surface area contributed by atoms with Crippen molar-refractivity contribution in [2.75, 3.05) is 12.3 Å². The first-order valence-corrected chi connectivity index (χ1v) is 15.3. The first-order valence-electron chi connectivity index (χ1n) is 14.5. The second kappa shape index (κ2) is 9.42. The summed E-state index contributed by atoms with van der Waals surface area (Å²) in [7, 11) is 0. The van der Waals surface area contributed by atoms with E-state index in [1.165, 1.54) is 53.9 Å². The van der Waals surface area contributed by atoms with Crippen LogP contribution in [0.25, 0.3) is 55.6 Å². The lowest BCUT2D eigenvalue weighted by Gasteiger charge is -2.29. The van der Waals surface area contributed by atoms with Crippen LogP contribution in [0.5, 0.6) is 0 Å². The topological polar surface area (TPSA) is 52.0 Å². The molecule has 0 saturated heterocycles. The smallest absolute Gasteiger partial charge is 0.0819 e. The Hall–Kier alpha value is -4.70. The average Bonchev–Trinajstić information content (AvgIpc) is 3.64. The predicted molar refractivity (Wildman–Crippen MR) is 181 cm³/mol. The third-order valence-corrected chi connectivity index (χ3v) is 10.3. The molecule has 3 heteroatoms. The Morgan fingerprint density at radius 2 is 1.38 bits per heavy atom. The molecule has 202 valence electrons. The van der Waals surface area contributed by atoms with Crippen molar-refractivity contribution in [2.45, 2.75) is 12.3 Å². The van der Waals surface area contributed by atoms with E-state index in [1.54, 1.807) is 0 Å². The number of anilines is 1. The van der Waals surface area contributed by atoms with E-state index in [9.17, 15) is 0 Å². The van der Waals surface area contributed by atoms with Crippen LogP contribution in [-0.4, -0.2) is 6.54 Å². The van der Waals surface area contributed by atoms with Gasteiger partial charge in [-0.2, -0.15) is 0 Å². The van der Waals surface area contributed by atoms with Gasteiger partial charge in [0.1, 0.15) is 0 Å². The van der Waals surface area contributed by atoms with Crippen molar-refractivity contribution in [1.82, 2.24) is 0 Å². The maximum absolute atomic E-state index is 6.94. The number of allylic oxidation sites excluding steroid dienone is 1. The minimum Gasteiger partial charge on any atom is -0.398 e. The summed E-state index contributed by atoms with van der Waals surface area (Å²) in [5.74, 6) is 0. The van der Waals surface area contributed by atoms with Gasteiger partial charge in [0.25, 0.3) is 0 Å². The number of thiophene rings is 1. The first kappa shape index (κ1) is 25.0. The molecule has 4 N–H and O–H groups in total. The number of benzene rings is 5. The van der Waals surface area contributed by atoms with Crippen molar-refractivity contribution >= 4 is 39.3 Å². The van der Waals surface area contributed by atoms with Gasteiger partial charge >= 0.3 is 0 Å². The van der Waals surface area contributed by atoms with Crippen LogP contribution in [0, 0.1) is 0 Å². The quantitative estimate of drug-likeness (QED) is 0.211. The molecule has 0 bridgehead atoms. The van der Waals surface area contributed by atoms with Crippen LogP contribution in [0.15, 0.2) is 115 Å². The zero-order valence-electron chi connectivity index (χ0n) is 23.4.